The number of hydrogen-bond acceptors (Lipinski definition) is 5. The highest BCUT2D eigenvalue weighted by Gasteiger charge is 2.18. The van der Waals surface area contributed by atoms with Crippen LogP contribution in [0.5, 0.6) is 0 Å². The maximum Gasteiger partial charge on any atom is 0.306 e. The summed E-state index contributed by atoms with van der Waals surface area (Å²) in [6, 6.07) is 5.27. The summed E-state index contributed by atoms with van der Waals surface area (Å²) in [6.07, 6.45) is 1.20. The Kier molecular flexibility index (Phi) is 6.44. The Morgan fingerprint density at radius 1 is 1.20 bits per heavy atom. The second-order valence-electron chi connectivity index (χ2n) is 6.83. The minimum absolute atomic E-state index is 0.0598. The van der Waals surface area contributed by atoms with E-state index in [0.717, 1.165) is 30.1 Å². The lowest BCUT2D eigenvalue weighted by Crippen LogP contribution is -2.15. The number of carbonyl (C=O) groups is 2. The van der Waals surface area contributed by atoms with Crippen LogP contribution < -0.4 is 0 Å². The van der Waals surface area contributed by atoms with Crippen LogP contribution >= 0.6 is 0 Å². The predicted molar refractivity (Wildman–Crippen MR) is 105 cm³/mol. The zero-order chi connectivity index (χ0) is 21.8. The summed E-state index contributed by atoms with van der Waals surface area (Å²) in [5.41, 5.74) is 2.03. The van der Waals surface area contributed by atoms with E-state index >= 15 is 0 Å². The molecule has 3 aromatic rings. The van der Waals surface area contributed by atoms with Crippen molar-refractivity contribution < 1.29 is 27.5 Å². The normalized spacial score (nSPS) is 11.0. The quantitative estimate of drug-likeness (QED) is 0.402. The van der Waals surface area contributed by atoms with Crippen molar-refractivity contribution in [1.29, 1.82) is 0 Å². The number of nitrogens with zero attached hydrogens (tertiary/aromatic N) is 2. The smallest absolute Gasteiger partial charge is 0.306 e. The number of carbonyl (C=O) groups excluding carboxylic acids is 2. The van der Waals surface area contributed by atoms with Gasteiger partial charge in [-0.25, -0.2) is 13.8 Å². The molecule has 0 unspecified atom stereocenters. The number of rotatable bonds is 8. The molecule has 8 heteroatoms. The van der Waals surface area contributed by atoms with Gasteiger partial charge >= 0.3 is 5.97 Å². The summed E-state index contributed by atoms with van der Waals surface area (Å²) in [5, 5.41) is 0. The van der Waals surface area contributed by atoms with Gasteiger partial charge in [-0.3, -0.25) is 9.59 Å². The summed E-state index contributed by atoms with van der Waals surface area (Å²) in [7, 11) is 0. The average Bonchev–Trinajstić information content (AvgIpc) is 3.28. The van der Waals surface area contributed by atoms with Crippen molar-refractivity contribution in [2.24, 2.45) is 0 Å². The first-order chi connectivity index (χ1) is 14.3. The van der Waals surface area contributed by atoms with Gasteiger partial charge in [0.2, 0.25) is 5.78 Å². The SMILES string of the molecule is CCn1c(C)cc(C(=O)COC(=O)CCc2ncc(-c3c(F)cccc3F)o2)c1C. The standard InChI is InChI=1S/C22H22F2N2O4/c1-4-26-13(2)10-15(14(26)3)18(27)12-29-21(28)9-8-20-25-11-19(30-20)22-16(23)6-5-7-17(22)24/h5-7,10-11H,4,8-9,12H2,1-3H3. The van der Waals surface area contributed by atoms with Crippen LogP contribution in [-0.2, 0) is 22.5 Å². The van der Waals surface area contributed by atoms with E-state index in [1.165, 1.54) is 12.3 Å². The van der Waals surface area contributed by atoms with Crippen molar-refractivity contribution >= 4 is 11.8 Å². The number of Topliss-reactive ketones (excluding diaryl/α,β-unsaturated/α-hetero) is 1. The molecule has 158 valence electrons. The number of ether oxygens (including phenoxy) is 1. The Labute approximate surface area is 172 Å². The van der Waals surface area contributed by atoms with Crippen LogP contribution in [0.4, 0.5) is 8.78 Å². The Balaban J connectivity index is 1.54. The van der Waals surface area contributed by atoms with E-state index in [0.29, 0.717) is 5.56 Å². The molecule has 3 rings (SSSR count). The number of esters is 1. The maximum absolute atomic E-state index is 13.8. The Hall–Kier alpha value is -3.29. The first-order valence-corrected chi connectivity index (χ1v) is 9.56. The van der Waals surface area contributed by atoms with Gasteiger partial charge in [-0.1, -0.05) is 6.07 Å². The molecule has 2 heterocycles. The highest BCUT2D eigenvalue weighted by molar-refractivity contribution is 5.99. The maximum atomic E-state index is 13.8. The molecule has 0 amide bonds. The van der Waals surface area contributed by atoms with Crippen LogP contribution in [0, 0.1) is 25.5 Å². The minimum Gasteiger partial charge on any atom is -0.457 e. The van der Waals surface area contributed by atoms with Crippen LogP contribution in [0.3, 0.4) is 0 Å². The van der Waals surface area contributed by atoms with Gasteiger partial charge in [0.15, 0.2) is 18.3 Å². The van der Waals surface area contributed by atoms with E-state index in [1.54, 1.807) is 6.07 Å². The second kappa shape index (κ2) is 9.02. The molecule has 0 radical (unpaired) electrons. The first kappa shape index (κ1) is 21.4. The third kappa shape index (κ3) is 4.48. The molecule has 0 aliphatic carbocycles. The van der Waals surface area contributed by atoms with Crippen molar-refractivity contribution in [2.45, 2.75) is 40.2 Å². The summed E-state index contributed by atoms with van der Waals surface area (Å²) < 4.78 is 40.1. The summed E-state index contributed by atoms with van der Waals surface area (Å²) >= 11 is 0. The molecule has 2 aromatic heterocycles. The lowest BCUT2D eigenvalue weighted by molar-refractivity contribution is -0.142. The fourth-order valence-corrected chi connectivity index (χ4v) is 3.35. The molecule has 0 atom stereocenters. The van der Waals surface area contributed by atoms with Gasteiger partial charge in [-0.2, -0.15) is 0 Å². The molecule has 0 spiro atoms. The zero-order valence-corrected chi connectivity index (χ0v) is 17.0. The molecule has 0 N–H and O–H groups in total. The molecule has 0 saturated heterocycles. The topological polar surface area (TPSA) is 74.3 Å². The fraction of sp³-hybridized carbons (Fsp3) is 0.318. The van der Waals surface area contributed by atoms with Gasteiger partial charge in [-0.15, -0.1) is 0 Å². The Bertz CT molecular complexity index is 1060. The fourth-order valence-electron chi connectivity index (χ4n) is 3.35. The number of oxazole rings is 1. The molecule has 0 bridgehead atoms. The van der Waals surface area contributed by atoms with Gasteiger partial charge in [-0.05, 0) is 39.0 Å². The largest absolute Gasteiger partial charge is 0.457 e. The van der Waals surface area contributed by atoms with Crippen LogP contribution in [0.2, 0.25) is 0 Å². The predicted octanol–water partition coefficient (Wildman–Crippen LogP) is 4.42. The minimum atomic E-state index is -0.766. The van der Waals surface area contributed by atoms with Crippen molar-refractivity contribution in [3.05, 3.63) is 64.9 Å². The van der Waals surface area contributed by atoms with Gasteiger partial charge in [0, 0.05) is 29.9 Å². The average molecular weight is 416 g/mol. The zero-order valence-electron chi connectivity index (χ0n) is 17.0. The molecular weight excluding hydrogens is 394 g/mol. The Morgan fingerprint density at radius 3 is 2.53 bits per heavy atom. The lowest BCUT2D eigenvalue weighted by Gasteiger charge is -2.06. The van der Waals surface area contributed by atoms with E-state index in [9.17, 15) is 18.4 Å². The molecule has 0 aliphatic heterocycles. The van der Waals surface area contributed by atoms with Crippen molar-refractivity contribution in [3.63, 3.8) is 0 Å². The van der Waals surface area contributed by atoms with E-state index in [1.807, 2.05) is 25.3 Å². The van der Waals surface area contributed by atoms with Gasteiger partial charge in [0.1, 0.15) is 11.6 Å². The van der Waals surface area contributed by atoms with Crippen molar-refractivity contribution in [1.82, 2.24) is 9.55 Å². The molecule has 0 aliphatic rings. The van der Waals surface area contributed by atoms with E-state index < -0.39 is 17.6 Å². The summed E-state index contributed by atoms with van der Waals surface area (Å²) in [4.78, 5) is 28.3. The number of hydrogen-bond donors (Lipinski definition) is 0. The van der Waals surface area contributed by atoms with Crippen LogP contribution in [0.15, 0.2) is 34.9 Å². The lowest BCUT2D eigenvalue weighted by atomic mass is 10.1. The van der Waals surface area contributed by atoms with Gasteiger partial charge < -0.3 is 13.7 Å². The molecule has 0 fully saturated rings. The number of aryl methyl sites for hydroxylation is 2. The third-order valence-electron chi connectivity index (χ3n) is 4.86. The van der Waals surface area contributed by atoms with Gasteiger partial charge in [0.05, 0.1) is 18.2 Å². The summed E-state index contributed by atoms with van der Waals surface area (Å²) in [5.74, 6) is -2.32. The van der Waals surface area contributed by atoms with E-state index in [4.69, 9.17) is 9.15 Å². The van der Waals surface area contributed by atoms with Crippen LogP contribution in [0.25, 0.3) is 11.3 Å². The van der Waals surface area contributed by atoms with Crippen LogP contribution in [0.1, 0.15) is 41.0 Å². The number of halogens is 2. The summed E-state index contributed by atoms with van der Waals surface area (Å²) in [6.45, 7) is 6.15. The van der Waals surface area contributed by atoms with E-state index in [2.05, 4.69) is 4.98 Å². The highest BCUT2D eigenvalue weighted by Crippen LogP contribution is 2.26. The molecular formula is C22H22F2N2O4. The van der Waals surface area contributed by atoms with Crippen molar-refractivity contribution in [2.75, 3.05) is 6.61 Å². The van der Waals surface area contributed by atoms with Crippen LogP contribution in [-0.4, -0.2) is 27.9 Å². The number of aromatic nitrogens is 2. The van der Waals surface area contributed by atoms with Crippen molar-refractivity contribution in [3.8, 4) is 11.3 Å². The van der Waals surface area contributed by atoms with Gasteiger partial charge in [0.25, 0.3) is 0 Å². The third-order valence-corrected chi connectivity index (χ3v) is 4.86. The highest BCUT2D eigenvalue weighted by atomic mass is 19.1. The first-order valence-electron chi connectivity index (χ1n) is 9.56. The molecule has 30 heavy (non-hydrogen) atoms. The Morgan fingerprint density at radius 2 is 1.90 bits per heavy atom. The second-order valence-corrected chi connectivity index (χ2v) is 6.83. The number of ketones is 1. The molecule has 0 saturated carbocycles. The monoisotopic (exact) mass is 416 g/mol. The molecule has 6 nitrogen and oxygen atoms in total. The van der Waals surface area contributed by atoms with E-state index in [-0.39, 0.29) is 42.4 Å². The molecule has 1 aromatic carbocycles. The number of benzene rings is 1.